The molecule has 2 fully saturated rings. The summed E-state index contributed by atoms with van der Waals surface area (Å²) in [5.41, 5.74) is 6.02. The van der Waals surface area contributed by atoms with Crippen LogP contribution >= 0.6 is 0 Å². The lowest BCUT2D eigenvalue weighted by molar-refractivity contribution is 0.112. The van der Waals surface area contributed by atoms with Gasteiger partial charge in [-0.2, -0.15) is 0 Å². The predicted molar refractivity (Wildman–Crippen MR) is 64.9 cm³/mol. The van der Waals surface area contributed by atoms with E-state index in [0.717, 1.165) is 12.1 Å². The smallest absolute Gasteiger partial charge is 0.0113 e. The molecule has 0 amide bonds. The van der Waals surface area contributed by atoms with Gasteiger partial charge in [-0.15, -0.1) is 0 Å². The third-order valence-corrected chi connectivity index (χ3v) is 4.32. The van der Waals surface area contributed by atoms with E-state index in [9.17, 15) is 0 Å². The minimum atomic E-state index is 0.479. The van der Waals surface area contributed by atoms with Crippen molar-refractivity contribution in [3.05, 3.63) is 0 Å². The van der Waals surface area contributed by atoms with Crippen LogP contribution in [-0.4, -0.2) is 29.6 Å². The molecule has 0 bridgehead atoms. The van der Waals surface area contributed by atoms with Crippen LogP contribution in [0.5, 0.6) is 0 Å². The highest BCUT2D eigenvalue weighted by Gasteiger charge is 2.31. The first kappa shape index (κ1) is 11.4. The van der Waals surface area contributed by atoms with Gasteiger partial charge in [-0.1, -0.05) is 26.2 Å². The Morgan fingerprint density at radius 3 is 2.27 bits per heavy atom. The van der Waals surface area contributed by atoms with Crippen molar-refractivity contribution in [2.45, 2.75) is 76.4 Å². The van der Waals surface area contributed by atoms with Gasteiger partial charge in [0, 0.05) is 18.1 Å². The Morgan fingerprint density at radius 2 is 1.73 bits per heavy atom. The summed E-state index contributed by atoms with van der Waals surface area (Å²) >= 11 is 0. The molecule has 2 rings (SSSR count). The second-order valence-electron chi connectivity index (χ2n) is 5.35. The largest absolute Gasteiger partial charge is 0.328 e. The van der Waals surface area contributed by atoms with Gasteiger partial charge in [-0.05, 0) is 38.6 Å². The van der Waals surface area contributed by atoms with E-state index in [1.807, 2.05) is 0 Å². The molecule has 0 aliphatic heterocycles. The fourth-order valence-corrected chi connectivity index (χ4v) is 3.52. The third kappa shape index (κ3) is 2.73. The van der Waals surface area contributed by atoms with Gasteiger partial charge in [-0.25, -0.2) is 0 Å². The fourth-order valence-electron chi connectivity index (χ4n) is 3.52. The van der Waals surface area contributed by atoms with Gasteiger partial charge in [0.05, 0.1) is 0 Å². The summed E-state index contributed by atoms with van der Waals surface area (Å²) in [5, 5.41) is 0. The first-order valence-electron chi connectivity index (χ1n) is 6.82. The quantitative estimate of drug-likeness (QED) is 0.775. The summed E-state index contributed by atoms with van der Waals surface area (Å²) in [5.74, 6) is 0. The average molecular weight is 210 g/mol. The molecule has 2 saturated carbocycles. The molecule has 2 N–H and O–H groups in total. The van der Waals surface area contributed by atoms with Gasteiger partial charge in [0.25, 0.3) is 0 Å². The van der Waals surface area contributed by atoms with Gasteiger partial charge < -0.3 is 5.73 Å². The molecule has 2 aliphatic carbocycles. The molecule has 2 unspecified atom stereocenters. The van der Waals surface area contributed by atoms with E-state index in [1.165, 1.54) is 57.9 Å². The van der Waals surface area contributed by atoms with Crippen LogP contribution in [-0.2, 0) is 0 Å². The molecule has 15 heavy (non-hydrogen) atoms. The number of nitrogens with zero attached hydrogens (tertiary/aromatic N) is 1. The monoisotopic (exact) mass is 210 g/mol. The number of hydrogen-bond acceptors (Lipinski definition) is 2. The molecular weight excluding hydrogens is 184 g/mol. The highest BCUT2D eigenvalue weighted by Crippen LogP contribution is 2.30. The van der Waals surface area contributed by atoms with Crippen molar-refractivity contribution in [2.75, 3.05) is 6.54 Å². The minimum absolute atomic E-state index is 0.479. The molecule has 0 radical (unpaired) electrons. The van der Waals surface area contributed by atoms with Crippen LogP contribution in [0.15, 0.2) is 0 Å². The summed E-state index contributed by atoms with van der Waals surface area (Å²) in [6.07, 6.45) is 11.0. The Hall–Kier alpha value is -0.0800. The zero-order valence-corrected chi connectivity index (χ0v) is 10.1. The molecule has 0 spiro atoms. The van der Waals surface area contributed by atoms with Crippen molar-refractivity contribution in [1.82, 2.24) is 4.90 Å². The van der Waals surface area contributed by atoms with Crippen LogP contribution in [0, 0.1) is 0 Å². The molecule has 0 aromatic rings. The summed E-state index contributed by atoms with van der Waals surface area (Å²) in [4.78, 5) is 2.76. The highest BCUT2D eigenvalue weighted by molar-refractivity contribution is 4.88. The fraction of sp³-hybridized carbons (Fsp3) is 1.00. The first-order chi connectivity index (χ1) is 7.31. The molecule has 2 heteroatoms. The Morgan fingerprint density at radius 1 is 1.00 bits per heavy atom. The molecule has 88 valence electrons. The van der Waals surface area contributed by atoms with E-state index < -0.39 is 0 Å². The van der Waals surface area contributed by atoms with E-state index in [-0.39, 0.29) is 0 Å². The van der Waals surface area contributed by atoms with Crippen molar-refractivity contribution in [3.8, 4) is 0 Å². The summed E-state index contributed by atoms with van der Waals surface area (Å²) in [6.45, 7) is 3.54. The standard InChI is InChI=1S/C13H26N2/c1-2-15(12-6-4-3-5-7-12)13-9-8-11(14)10-13/h11-13H,2-10,14H2,1H3. The van der Waals surface area contributed by atoms with Gasteiger partial charge >= 0.3 is 0 Å². The maximum absolute atomic E-state index is 6.02. The van der Waals surface area contributed by atoms with Gasteiger partial charge in [0.1, 0.15) is 0 Å². The van der Waals surface area contributed by atoms with Crippen LogP contribution in [0.1, 0.15) is 58.3 Å². The molecular formula is C13H26N2. The second-order valence-corrected chi connectivity index (χ2v) is 5.35. The lowest BCUT2D eigenvalue weighted by Crippen LogP contribution is -2.43. The SMILES string of the molecule is CCN(C1CCCCC1)C1CCC(N)C1. The second kappa shape index (κ2) is 5.31. The normalized spacial score (nSPS) is 33.8. The van der Waals surface area contributed by atoms with Crippen molar-refractivity contribution in [1.29, 1.82) is 0 Å². The van der Waals surface area contributed by atoms with Crippen molar-refractivity contribution in [3.63, 3.8) is 0 Å². The van der Waals surface area contributed by atoms with Crippen molar-refractivity contribution < 1.29 is 0 Å². The summed E-state index contributed by atoms with van der Waals surface area (Å²) < 4.78 is 0. The minimum Gasteiger partial charge on any atom is -0.328 e. The van der Waals surface area contributed by atoms with Gasteiger partial charge in [0.2, 0.25) is 0 Å². The number of hydrogen-bond donors (Lipinski definition) is 1. The Bertz CT molecular complexity index is 182. The van der Waals surface area contributed by atoms with Gasteiger partial charge in [0.15, 0.2) is 0 Å². The van der Waals surface area contributed by atoms with E-state index in [0.29, 0.717) is 6.04 Å². The zero-order valence-electron chi connectivity index (χ0n) is 10.1. The molecule has 2 nitrogen and oxygen atoms in total. The van der Waals surface area contributed by atoms with Crippen LogP contribution in [0.25, 0.3) is 0 Å². The van der Waals surface area contributed by atoms with Crippen LogP contribution in [0.4, 0.5) is 0 Å². The van der Waals surface area contributed by atoms with Crippen molar-refractivity contribution >= 4 is 0 Å². The topological polar surface area (TPSA) is 29.3 Å². The number of rotatable bonds is 3. The zero-order chi connectivity index (χ0) is 10.7. The maximum Gasteiger partial charge on any atom is 0.0113 e. The molecule has 0 heterocycles. The van der Waals surface area contributed by atoms with E-state index in [2.05, 4.69) is 11.8 Å². The Balaban J connectivity index is 1.90. The lowest BCUT2D eigenvalue weighted by atomic mass is 9.93. The average Bonchev–Trinajstić information content (AvgIpc) is 2.68. The van der Waals surface area contributed by atoms with Crippen LogP contribution < -0.4 is 5.73 Å². The van der Waals surface area contributed by atoms with Crippen LogP contribution in [0.3, 0.4) is 0 Å². The maximum atomic E-state index is 6.02. The lowest BCUT2D eigenvalue weighted by Gasteiger charge is -2.38. The Labute approximate surface area is 94.2 Å². The van der Waals surface area contributed by atoms with Crippen LogP contribution in [0.2, 0.25) is 0 Å². The molecule has 2 atom stereocenters. The van der Waals surface area contributed by atoms with Gasteiger partial charge in [-0.3, -0.25) is 4.90 Å². The molecule has 2 aliphatic rings. The van der Waals surface area contributed by atoms with E-state index in [4.69, 9.17) is 5.73 Å². The predicted octanol–water partition coefficient (Wildman–Crippen LogP) is 2.52. The molecule has 0 aromatic heterocycles. The van der Waals surface area contributed by atoms with E-state index in [1.54, 1.807) is 0 Å². The first-order valence-corrected chi connectivity index (χ1v) is 6.82. The molecule has 0 saturated heterocycles. The summed E-state index contributed by atoms with van der Waals surface area (Å²) in [7, 11) is 0. The van der Waals surface area contributed by atoms with Crippen molar-refractivity contribution in [2.24, 2.45) is 5.73 Å². The third-order valence-electron chi connectivity index (χ3n) is 4.32. The highest BCUT2D eigenvalue weighted by atomic mass is 15.2. The number of nitrogens with two attached hydrogens (primary N) is 1. The van der Waals surface area contributed by atoms with E-state index >= 15 is 0 Å². The summed E-state index contributed by atoms with van der Waals surface area (Å²) in [6, 6.07) is 2.15. The Kier molecular flexibility index (Phi) is 4.04. The molecule has 0 aromatic carbocycles.